The van der Waals surface area contributed by atoms with Gasteiger partial charge in [0.1, 0.15) is 0 Å². The number of anilines is 2. The second-order valence-corrected chi connectivity index (χ2v) is 8.23. The lowest BCUT2D eigenvalue weighted by Crippen LogP contribution is -2.18. The summed E-state index contributed by atoms with van der Waals surface area (Å²) < 4.78 is 22.0. The molecule has 11 heteroatoms. The highest BCUT2D eigenvalue weighted by molar-refractivity contribution is 6.35. The standard InChI is InChI=1S/C19H19ClFN7O2.C3H6/c1-10(3-4-30-2)25-19-17(21)16(20)15(11-5-24-27-18(11)19)12-7-28-8-13(23-9-29)26-14(28)6-22-12;1-2-3-1/h5-10,25H,3-4H2,1-2H3,(H,23,29)(H,24,27);1-3H2. The highest BCUT2D eigenvalue weighted by Gasteiger charge is 2.23. The number of halogens is 2. The fourth-order valence-electron chi connectivity index (χ4n) is 3.27. The van der Waals surface area contributed by atoms with Crippen LogP contribution < -0.4 is 10.6 Å². The average molecular weight is 474 g/mol. The molecule has 3 N–H and O–H groups in total. The lowest BCUT2D eigenvalue weighted by atomic mass is 10.0. The molecule has 0 radical (unpaired) electrons. The molecule has 4 aromatic rings. The van der Waals surface area contributed by atoms with Crippen LogP contribution in [0, 0.1) is 5.82 Å². The van der Waals surface area contributed by atoms with Gasteiger partial charge in [0.15, 0.2) is 17.3 Å². The largest absolute Gasteiger partial charge is 0.385 e. The lowest BCUT2D eigenvalue weighted by molar-refractivity contribution is -0.105. The topological polar surface area (TPSA) is 109 Å². The van der Waals surface area contributed by atoms with Crippen LogP contribution in [-0.2, 0) is 9.53 Å². The minimum atomic E-state index is -0.594. The molecular formula is C22H25ClFN7O2. The summed E-state index contributed by atoms with van der Waals surface area (Å²) in [5.74, 6) is -0.220. The van der Waals surface area contributed by atoms with Gasteiger partial charge in [-0.3, -0.25) is 14.9 Å². The van der Waals surface area contributed by atoms with Gasteiger partial charge in [-0.2, -0.15) is 5.10 Å². The van der Waals surface area contributed by atoms with E-state index in [-0.39, 0.29) is 16.8 Å². The predicted octanol–water partition coefficient (Wildman–Crippen LogP) is 4.64. The predicted molar refractivity (Wildman–Crippen MR) is 126 cm³/mol. The van der Waals surface area contributed by atoms with E-state index in [1.54, 1.807) is 30.1 Å². The van der Waals surface area contributed by atoms with Crippen LogP contribution in [0.2, 0.25) is 5.02 Å². The molecule has 33 heavy (non-hydrogen) atoms. The van der Waals surface area contributed by atoms with Gasteiger partial charge < -0.3 is 19.8 Å². The van der Waals surface area contributed by atoms with Crippen LogP contribution in [0.25, 0.3) is 27.8 Å². The first-order valence-electron chi connectivity index (χ1n) is 10.7. The monoisotopic (exact) mass is 473 g/mol. The number of carbonyl (C=O) groups excluding carboxylic acids is 1. The first-order chi connectivity index (χ1) is 16.0. The molecule has 3 heterocycles. The Kier molecular flexibility index (Phi) is 7.05. The maximum absolute atomic E-state index is 15.3. The molecule has 0 saturated heterocycles. The van der Waals surface area contributed by atoms with Crippen LogP contribution in [0.1, 0.15) is 32.6 Å². The fraction of sp³-hybridized carbons (Fsp3) is 0.364. The number of H-pyrrole nitrogens is 1. The van der Waals surface area contributed by atoms with E-state index in [2.05, 4.69) is 30.8 Å². The second-order valence-electron chi connectivity index (χ2n) is 7.85. The van der Waals surface area contributed by atoms with Crippen LogP contribution in [0.3, 0.4) is 0 Å². The summed E-state index contributed by atoms with van der Waals surface area (Å²) in [6, 6.07) is -0.0444. The molecule has 1 unspecified atom stereocenters. The summed E-state index contributed by atoms with van der Waals surface area (Å²) in [5, 5.41) is 13.1. The third kappa shape index (κ3) is 5.07. The van der Waals surface area contributed by atoms with Crippen LogP contribution in [0.15, 0.2) is 24.8 Å². The highest BCUT2D eigenvalue weighted by atomic mass is 35.5. The van der Waals surface area contributed by atoms with Crippen molar-refractivity contribution >= 4 is 46.1 Å². The summed E-state index contributed by atoms with van der Waals surface area (Å²) >= 11 is 6.46. The van der Waals surface area contributed by atoms with Gasteiger partial charge in [-0.1, -0.05) is 30.9 Å². The SMILES string of the molecule is C1CC1.COCCC(C)Nc1c(F)c(Cl)c(-c2cn3cc(NC=O)nc3cn2)c2cn[nH]c12. The molecule has 1 atom stereocenters. The van der Waals surface area contributed by atoms with Crippen LogP contribution in [0.4, 0.5) is 15.9 Å². The number of fused-ring (bicyclic) bond motifs is 2. The Labute approximate surface area is 194 Å². The molecule has 0 spiro atoms. The van der Waals surface area contributed by atoms with Crippen LogP contribution in [0.5, 0.6) is 0 Å². The van der Waals surface area contributed by atoms with E-state index >= 15 is 4.39 Å². The Morgan fingerprint density at radius 1 is 1.33 bits per heavy atom. The molecule has 5 rings (SSSR count). The summed E-state index contributed by atoms with van der Waals surface area (Å²) in [6.45, 7) is 2.48. The molecule has 0 aliphatic heterocycles. The zero-order valence-electron chi connectivity index (χ0n) is 18.4. The summed E-state index contributed by atoms with van der Waals surface area (Å²) in [6.07, 6.45) is 12.1. The number of nitrogens with zero attached hydrogens (tertiary/aromatic N) is 4. The number of amides is 1. The number of imidazole rings is 1. The van der Waals surface area contributed by atoms with E-state index in [1.165, 1.54) is 25.5 Å². The number of aromatic nitrogens is 5. The van der Waals surface area contributed by atoms with Crippen molar-refractivity contribution < 1.29 is 13.9 Å². The first-order valence-corrected chi connectivity index (χ1v) is 11.1. The van der Waals surface area contributed by atoms with Crippen molar-refractivity contribution in [3.8, 4) is 11.3 Å². The van der Waals surface area contributed by atoms with Crippen molar-refractivity contribution in [1.29, 1.82) is 0 Å². The highest BCUT2D eigenvalue weighted by Crippen LogP contribution is 2.41. The number of carbonyl (C=O) groups is 1. The fourth-order valence-corrected chi connectivity index (χ4v) is 3.56. The Hall–Kier alpha value is -3.24. The number of hydrogen-bond donors (Lipinski definition) is 3. The van der Waals surface area contributed by atoms with Gasteiger partial charge >= 0.3 is 0 Å². The molecule has 9 nitrogen and oxygen atoms in total. The number of ether oxygens (including phenoxy) is 1. The van der Waals surface area contributed by atoms with E-state index in [4.69, 9.17) is 16.3 Å². The number of benzene rings is 1. The van der Waals surface area contributed by atoms with Crippen molar-refractivity contribution in [2.45, 2.75) is 38.6 Å². The van der Waals surface area contributed by atoms with Crippen molar-refractivity contribution in [3.05, 3.63) is 35.6 Å². The Balaban J connectivity index is 0.000000799. The normalized spacial score (nSPS) is 13.5. The lowest BCUT2D eigenvalue weighted by Gasteiger charge is -2.18. The molecular weight excluding hydrogens is 449 g/mol. The summed E-state index contributed by atoms with van der Waals surface area (Å²) in [4.78, 5) is 19.2. The number of hydrogen-bond acceptors (Lipinski definition) is 6. The number of rotatable bonds is 8. The zero-order valence-corrected chi connectivity index (χ0v) is 19.1. The Morgan fingerprint density at radius 2 is 2.12 bits per heavy atom. The van der Waals surface area contributed by atoms with E-state index < -0.39 is 5.82 Å². The number of nitrogens with one attached hydrogen (secondary N) is 3. The molecule has 0 bridgehead atoms. The van der Waals surface area contributed by atoms with Crippen molar-refractivity contribution in [2.24, 2.45) is 0 Å². The van der Waals surface area contributed by atoms with E-state index in [1.807, 2.05) is 6.92 Å². The second kappa shape index (κ2) is 10.1. The van der Waals surface area contributed by atoms with Crippen molar-refractivity contribution in [2.75, 3.05) is 24.4 Å². The van der Waals surface area contributed by atoms with Gasteiger partial charge in [0.05, 0.1) is 40.5 Å². The number of methoxy groups -OCH3 is 1. The molecule has 1 aliphatic carbocycles. The minimum absolute atomic E-state index is 0.0444. The summed E-state index contributed by atoms with van der Waals surface area (Å²) in [5.41, 5.74) is 2.11. The quantitative estimate of drug-likeness (QED) is 0.322. The van der Waals surface area contributed by atoms with Gasteiger partial charge in [0.25, 0.3) is 0 Å². The van der Waals surface area contributed by atoms with E-state index in [0.717, 1.165) is 0 Å². The molecule has 1 fully saturated rings. The third-order valence-corrected chi connectivity index (χ3v) is 5.45. The molecule has 1 saturated carbocycles. The molecule has 1 amide bonds. The van der Waals surface area contributed by atoms with Crippen molar-refractivity contribution in [1.82, 2.24) is 24.6 Å². The summed E-state index contributed by atoms with van der Waals surface area (Å²) in [7, 11) is 1.62. The van der Waals surface area contributed by atoms with Gasteiger partial charge in [-0.25, -0.2) is 9.37 Å². The molecule has 174 valence electrons. The number of aromatic amines is 1. The van der Waals surface area contributed by atoms with Gasteiger partial charge in [0.2, 0.25) is 6.41 Å². The molecule has 1 aliphatic rings. The van der Waals surface area contributed by atoms with Crippen LogP contribution in [-0.4, -0.2) is 50.7 Å². The average Bonchev–Trinajstić information content (AvgIpc) is 3.52. The molecule has 3 aromatic heterocycles. The smallest absolute Gasteiger partial charge is 0.212 e. The van der Waals surface area contributed by atoms with E-state index in [0.29, 0.717) is 53.1 Å². The van der Waals surface area contributed by atoms with Gasteiger partial charge in [-0.05, 0) is 13.3 Å². The van der Waals surface area contributed by atoms with Crippen molar-refractivity contribution in [3.63, 3.8) is 0 Å². The van der Waals surface area contributed by atoms with E-state index in [9.17, 15) is 4.79 Å². The third-order valence-electron chi connectivity index (χ3n) is 5.09. The van der Waals surface area contributed by atoms with Crippen LogP contribution >= 0.6 is 11.6 Å². The Bertz CT molecular complexity index is 1270. The Morgan fingerprint density at radius 3 is 2.82 bits per heavy atom. The molecule has 1 aromatic carbocycles. The zero-order chi connectivity index (χ0) is 23.4. The van der Waals surface area contributed by atoms with Gasteiger partial charge in [0, 0.05) is 36.9 Å². The maximum atomic E-state index is 15.3. The maximum Gasteiger partial charge on any atom is 0.212 e. The van der Waals surface area contributed by atoms with Gasteiger partial charge in [-0.15, -0.1) is 0 Å². The first kappa shape index (κ1) is 22.9. The minimum Gasteiger partial charge on any atom is -0.385 e.